The summed E-state index contributed by atoms with van der Waals surface area (Å²) in [6.45, 7) is 14.1. The van der Waals surface area contributed by atoms with Gasteiger partial charge in [-0.25, -0.2) is 0 Å². The second kappa shape index (κ2) is 11.3. The van der Waals surface area contributed by atoms with E-state index < -0.39 is 11.6 Å². The highest BCUT2D eigenvalue weighted by Gasteiger charge is 2.39. The molecule has 29 heavy (non-hydrogen) atoms. The van der Waals surface area contributed by atoms with E-state index in [-0.39, 0.29) is 24.6 Å². The quantitative estimate of drug-likeness (QED) is 0.335. The van der Waals surface area contributed by atoms with Gasteiger partial charge in [0.15, 0.2) is 11.6 Å². The lowest BCUT2D eigenvalue weighted by Gasteiger charge is -2.24. The first-order valence-electron chi connectivity index (χ1n) is 10.4. The lowest BCUT2D eigenvalue weighted by molar-refractivity contribution is -0.176. The summed E-state index contributed by atoms with van der Waals surface area (Å²) in [6.07, 6.45) is 1.78. The van der Waals surface area contributed by atoms with Gasteiger partial charge in [0.25, 0.3) is 0 Å². The van der Waals surface area contributed by atoms with Crippen LogP contribution in [0, 0.1) is 0 Å². The van der Waals surface area contributed by atoms with Crippen LogP contribution in [0.4, 0.5) is 0 Å². The summed E-state index contributed by atoms with van der Waals surface area (Å²) >= 11 is 0. The average molecular weight is 417 g/mol. The number of rotatable bonds is 13. The Kier molecular flexibility index (Phi) is 9.36. The number of esters is 1. The molecule has 2 aliphatic heterocycles. The maximum Gasteiger partial charge on any atom is 0.305 e. The highest BCUT2D eigenvalue weighted by molar-refractivity contribution is 5.69. The molecule has 0 aliphatic carbocycles. The number of hydrogen-bond acceptors (Lipinski definition) is 8. The average Bonchev–Trinajstić information content (AvgIpc) is 3.23. The van der Waals surface area contributed by atoms with Gasteiger partial charge in [-0.2, -0.15) is 0 Å². The SMILES string of the molecule is C=C(CCC1(C)OCC(COCC2COC(C)(CCC(=O)OCC)O2)O1)OCC. The van der Waals surface area contributed by atoms with Gasteiger partial charge in [0.1, 0.15) is 12.2 Å². The van der Waals surface area contributed by atoms with E-state index in [9.17, 15) is 4.79 Å². The molecule has 2 saturated heterocycles. The predicted octanol–water partition coefficient (Wildman–Crippen LogP) is 2.94. The summed E-state index contributed by atoms with van der Waals surface area (Å²) in [7, 11) is 0. The van der Waals surface area contributed by atoms with E-state index in [0.717, 1.165) is 5.76 Å². The van der Waals surface area contributed by atoms with Crippen LogP contribution < -0.4 is 0 Å². The Labute approximate surface area is 173 Å². The van der Waals surface area contributed by atoms with Crippen LogP contribution in [0.15, 0.2) is 12.3 Å². The van der Waals surface area contributed by atoms with Gasteiger partial charge in [-0.3, -0.25) is 4.79 Å². The Hall–Kier alpha value is -1.19. The molecule has 4 atom stereocenters. The van der Waals surface area contributed by atoms with Crippen LogP contribution in [0.25, 0.3) is 0 Å². The maximum absolute atomic E-state index is 11.5. The zero-order chi connectivity index (χ0) is 21.3. The summed E-state index contributed by atoms with van der Waals surface area (Å²) in [6, 6.07) is 0. The minimum absolute atomic E-state index is 0.127. The second-order valence-corrected chi connectivity index (χ2v) is 7.68. The van der Waals surface area contributed by atoms with Gasteiger partial charge in [-0.1, -0.05) is 6.58 Å². The first-order valence-corrected chi connectivity index (χ1v) is 10.4. The minimum Gasteiger partial charge on any atom is -0.499 e. The summed E-state index contributed by atoms with van der Waals surface area (Å²) in [5.74, 6) is -0.931. The van der Waals surface area contributed by atoms with Crippen molar-refractivity contribution in [2.45, 2.75) is 77.2 Å². The molecule has 0 radical (unpaired) electrons. The van der Waals surface area contributed by atoms with E-state index in [1.54, 1.807) is 6.92 Å². The Morgan fingerprint density at radius 3 is 1.97 bits per heavy atom. The van der Waals surface area contributed by atoms with Crippen molar-refractivity contribution < 1.29 is 38.0 Å². The molecule has 2 aliphatic rings. The molecule has 8 heteroatoms. The number of hydrogen-bond donors (Lipinski definition) is 0. The predicted molar refractivity (Wildman–Crippen MR) is 105 cm³/mol. The molecule has 0 amide bonds. The number of carbonyl (C=O) groups excluding carboxylic acids is 1. The van der Waals surface area contributed by atoms with Crippen LogP contribution in [0.5, 0.6) is 0 Å². The zero-order valence-corrected chi connectivity index (χ0v) is 18.2. The molecular weight excluding hydrogens is 380 g/mol. The molecule has 0 bridgehead atoms. The fraction of sp³-hybridized carbons (Fsp3) is 0.857. The Morgan fingerprint density at radius 2 is 1.45 bits per heavy atom. The topological polar surface area (TPSA) is 81.7 Å². The Balaban J connectivity index is 1.62. The van der Waals surface area contributed by atoms with Crippen LogP contribution in [0.1, 0.15) is 53.4 Å². The minimum atomic E-state index is -0.782. The van der Waals surface area contributed by atoms with Crippen LogP contribution in [0.3, 0.4) is 0 Å². The van der Waals surface area contributed by atoms with Crippen molar-refractivity contribution in [1.82, 2.24) is 0 Å². The van der Waals surface area contributed by atoms with Crippen LogP contribution in [-0.2, 0) is 38.0 Å². The first kappa shape index (κ1) is 24.1. The lowest BCUT2D eigenvalue weighted by atomic mass is 10.1. The van der Waals surface area contributed by atoms with Crippen molar-refractivity contribution in [3.05, 3.63) is 12.3 Å². The molecule has 8 nitrogen and oxygen atoms in total. The van der Waals surface area contributed by atoms with Crippen LogP contribution in [0.2, 0.25) is 0 Å². The van der Waals surface area contributed by atoms with Gasteiger partial charge >= 0.3 is 5.97 Å². The van der Waals surface area contributed by atoms with E-state index in [4.69, 9.17) is 33.2 Å². The van der Waals surface area contributed by atoms with E-state index in [1.807, 2.05) is 20.8 Å². The zero-order valence-electron chi connectivity index (χ0n) is 18.2. The van der Waals surface area contributed by atoms with Crippen molar-refractivity contribution in [2.75, 3.05) is 39.6 Å². The van der Waals surface area contributed by atoms with Gasteiger partial charge in [-0.15, -0.1) is 0 Å². The fourth-order valence-electron chi connectivity index (χ4n) is 3.34. The molecule has 0 aromatic rings. The largest absolute Gasteiger partial charge is 0.499 e. The summed E-state index contributed by atoms with van der Waals surface area (Å²) in [5, 5.41) is 0. The smallest absolute Gasteiger partial charge is 0.305 e. The third kappa shape index (κ3) is 8.22. The third-order valence-corrected chi connectivity index (χ3v) is 4.88. The molecule has 4 unspecified atom stereocenters. The van der Waals surface area contributed by atoms with Crippen molar-refractivity contribution in [3.8, 4) is 0 Å². The number of allylic oxidation sites excluding steroid dienone is 1. The van der Waals surface area contributed by atoms with Crippen LogP contribution in [-0.4, -0.2) is 69.4 Å². The van der Waals surface area contributed by atoms with Crippen molar-refractivity contribution in [1.29, 1.82) is 0 Å². The molecule has 0 N–H and O–H groups in total. The van der Waals surface area contributed by atoms with Crippen molar-refractivity contribution in [2.24, 2.45) is 0 Å². The van der Waals surface area contributed by atoms with E-state index in [2.05, 4.69) is 6.58 Å². The van der Waals surface area contributed by atoms with Gasteiger partial charge in [-0.05, 0) is 27.7 Å². The number of carbonyl (C=O) groups is 1. The van der Waals surface area contributed by atoms with Crippen molar-refractivity contribution >= 4 is 5.97 Å². The molecule has 0 saturated carbocycles. The van der Waals surface area contributed by atoms with Crippen LogP contribution >= 0.6 is 0 Å². The van der Waals surface area contributed by atoms with Gasteiger partial charge in [0.05, 0.1) is 51.8 Å². The van der Waals surface area contributed by atoms with Crippen molar-refractivity contribution in [3.63, 3.8) is 0 Å². The molecule has 168 valence electrons. The van der Waals surface area contributed by atoms with Gasteiger partial charge < -0.3 is 33.2 Å². The molecule has 0 aromatic carbocycles. The monoisotopic (exact) mass is 416 g/mol. The molecule has 2 rings (SSSR count). The molecule has 2 fully saturated rings. The van der Waals surface area contributed by atoms with E-state index in [1.165, 1.54) is 0 Å². The third-order valence-electron chi connectivity index (χ3n) is 4.88. The maximum atomic E-state index is 11.5. The van der Waals surface area contributed by atoms with Gasteiger partial charge in [0, 0.05) is 19.3 Å². The lowest BCUT2D eigenvalue weighted by Crippen LogP contribution is -2.30. The summed E-state index contributed by atoms with van der Waals surface area (Å²) in [5.41, 5.74) is 0. The van der Waals surface area contributed by atoms with Gasteiger partial charge in [0.2, 0.25) is 0 Å². The molecular formula is C21H36O8. The second-order valence-electron chi connectivity index (χ2n) is 7.68. The highest BCUT2D eigenvalue weighted by atomic mass is 16.8. The molecule has 2 heterocycles. The summed E-state index contributed by atoms with van der Waals surface area (Å²) in [4.78, 5) is 11.5. The standard InChI is InChI=1S/C21H36O8/c1-6-24-16(3)8-10-20(4)26-14-17(28-20)12-23-13-18-15-27-21(5,29-18)11-9-19(22)25-7-2/h17-18H,3,6-15H2,1-2,4-5H3. The Bertz CT molecular complexity index is 493. The Morgan fingerprint density at radius 1 is 0.931 bits per heavy atom. The fourth-order valence-corrected chi connectivity index (χ4v) is 3.34. The first-order chi connectivity index (χ1) is 13.8. The molecule has 0 spiro atoms. The number of ether oxygens (including phenoxy) is 7. The van der Waals surface area contributed by atoms with E-state index >= 15 is 0 Å². The summed E-state index contributed by atoms with van der Waals surface area (Å²) < 4.78 is 39.6. The molecule has 0 aromatic heterocycles. The highest BCUT2D eigenvalue weighted by Crippen LogP contribution is 2.30. The van der Waals surface area contributed by atoms with E-state index in [0.29, 0.717) is 58.9 Å². The normalized spacial score (nSPS) is 31.7.